The van der Waals surface area contributed by atoms with E-state index in [9.17, 15) is 14.4 Å². The van der Waals surface area contributed by atoms with E-state index in [1.54, 1.807) is 24.3 Å². The fourth-order valence-corrected chi connectivity index (χ4v) is 3.68. The molecule has 0 bridgehead atoms. The van der Waals surface area contributed by atoms with Crippen molar-refractivity contribution in [2.24, 2.45) is 11.8 Å². The Balaban J connectivity index is 1.54. The number of likely N-dealkylation sites (tertiary alicyclic amines) is 1. The molecule has 0 unspecified atom stereocenters. The molecule has 0 saturated carbocycles. The molecule has 2 fully saturated rings. The van der Waals surface area contributed by atoms with Gasteiger partial charge in [-0.3, -0.25) is 9.59 Å². The average molecular weight is 374 g/mol. The van der Waals surface area contributed by atoms with E-state index in [0.29, 0.717) is 50.4 Å². The van der Waals surface area contributed by atoms with Crippen LogP contribution in [-0.4, -0.2) is 56.1 Å². The first kappa shape index (κ1) is 19.4. The van der Waals surface area contributed by atoms with Crippen LogP contribution >= 0.6 is 0 Å². The van der Waals surface area contributed by atoms with Crippen molar-refractivity contribution in [3.8, 4) is 0 Å². The van der Waals surface area contributed by atoms with Gasteiger partial charge in [0.15, 0.2) is 0 Å². The molecule has 0 aliphatic carbocycles. The lowest BCUT2D eigenvalue weighted by Gasteiger charge is -2.34. The van der Waals surface area contributed by atoms with Crippen molar-refractivity contribution in [3.05, 3.63) is 29.8 Å². The van der Waals surface area contributed by atoms with Gasteiger partial charge in [0.2, 0.25) is 11.8 Å². The van der Waals surface area contributed by atoms with E-state index in [0.717, 1.165) is 12.8 Å². The topological polar surface area (TPSA) is 84.9 Å². The Hall–Kier alpha value is -2.41. The van der Waals surface area contributed by atoms with Crippen LogP contribution in [0.4, 0.5) is 5.69 Å². The molecule has 2 saturated heterocycles. The lowest BCUT2D eigenvalue weighted by molar-refractivity contribution is -0.141. The van der Waals surface area contributed by atoms with E-state index >= 15 is 0 Å². The first-order valence-electron chi connectivity index (χ1n) is 9.45. The quantitative estimate of drug-likeness (QED) is 0.816. The van der Waals surface area contributed by atoms with Crippen LogP contribution < -0.4 is 5.32 Å². The van der Waals surface area contributed by atoms with Gasteiger partial charge in [0, 0.05) is 38.1 Å². The second-order valence-corrected chi connectivity index (χ2v) is 7.01. The van der Waals surface area contributed by atoms with E-state index in [1.807, 2.05) is 4.90 Å². The highest BCUT2D eigenvalue weighted by atomic mass is 16.5. The summed E-state index contributed by atoms with van der Waals surface area (Å²) < 4.78 is 10.1. The standard InChI is InChI=1S/C20H26N2O5/c1-26-20(25)16-4-2-3-5-17(16)21-18(23)14-6-10-22(11-7-14)19(24)15-8-12-27-13-9-15/h2-5,14-15H,6-13H2,1H3,(H,21,23). The summed E-state index contributed by atoms with van der Waals surface area (Å²) in [5.41, 5.74) is 0.788. The van der Waals surface area contributed by atoms with E-state index in [2.05, 4.69) is 5.32 Å². The van der Waals surface area contributed by atoms with Crippen LogP contribution in [0.3, 0.4) is 0 Å². The molecule has 146 valence electrons. The molecule has 1 N–H and O–H groups in total. The van der Waals surface area contributed by atoms with Gasteiger partial charge in [-0.25, -0.2) is 4.79 Å². The third kappa shape index (κ3) is 4.66. The molecule has 2 heterocycles. The highest BCUT2D eigenvalue weighted by molar-refractivity contribution is 6.01. The second kappa shape index (κ2) is 8.99. The molecule has 7 heteroatoms. The van der Waals surface area contributed by atoms with Crippen LogP contribution in [-0.2, 0) is 19.1 Å². The van der Waals surface area contributed by atoms with Gasteiger partial charge >= 0.3 is 5.97 Å². The molecule has 2 amide bonds. The number of hydrogen-bond donors (Lipinski definition) is 1. The van der Waals surface area contributed by atoms with Crippen molar-refractivity contribution in [1.29, 1.82) is 0 Å². The van der Waals surface area contributed by atoms with Crippen LogP contribution in [0, 0.1) is 11.8 Å². The van der Waals surface area contributed by atoms with E-state index in [1.165, 1.54) is 7.11 Å². The van der Waals surface area contributed by atoms with Crippen LogP contribution in [0.5, 0.6) is 0 Å². The van der Waals surface area contributed by atoms with Crippen molar-refractivity contribution in [1.82, 2.24) is 4.90 Å². The molecule has 0 spiro atoms. The van der Waals surface area contributed by atoms with Gasteiger partial charge in [0.1, 0.15) is 0 Å². The minimum absolute atomic E-state index is 0.0519. The first-order valence-corrected chi connectivity index (χ1v) is 9.45. The van der Waals surface area contributed by atoms with Gasteiger partial charge < -0.3 is 19.7 Å². The molecule has 1 aromatic rings. The zero-order valence-electron chi connectivity index (χ0n) is 15.6. The highest BCUT2D eigenvalue weighted by Crippen LogP contribution is 2.25. The fourth-order valence-electron chi connectivity index (χ4n) is 3.68. The van der Waals surface area contributed by atoms with Crippen molar-refractivity contribution in [2.75, 3.05) is 38.7 Å². The zero-order chi connectivity index (χ0) is 19.2. The van der Waals surface area contributed by atoms with Crippen molar-refractivity contribution in [2.45, 2.75) is 25.7 Å². The number of methoxy groups -OCH3 is 1. The summed E-state index contributed by atoms with van der Waals surface area (Å²) in [7, 11) is 1.31. The number of carbonyl (C=O) groups is 3. The van der Waals surface area contributed by atoms with Crippen LogP contribution in [0.2, 0.25) is 0 Å². The summed E-state index contributed by atoms with van der Waals surface area (Å²) in [5, 5.41) is 2.84. The van der Waals surface area contributed by atoms with Crippen LogP contribution in [0.25, 0.3) is 0 Å². The summed E-state index contributed by atoms with van der Waals surface area (Å²) in [4.78, 5) is 38.9. The maximum Gasteiger partial charge on any atom is 0.339 e. The van der Waals surface area contributed by atoms with Crippen molar-refractivity contribution >= 4 is 23.5 Å². The summed E-state index contributed by atoms with van der Waals surface area (Å²) in [6.45, 7) is 2.48. The summed E-state index contributed by atoms with van der Waals surface area (Å²) in [5.74, 6) is -0.536. The Bertz CT molecular complexity index is 691. The number of nitrogens with one attached hydrogen (secondary N) is 1. The molecular weight excluding hydrogens is 348 g/mol. The number of hydrogen-bond acceptors (Lipinski definition) is 5. The molecule has 0 radical (unpaired) electrons. The Morgan fingerprint density at radius 3 is 2.37 bits per heavy atom. The van der Waals surface area contributed by atoms with Gasteiger partial charge in [-0.05, 0) is 37.8 Å². The maximum absolute atomic E-state index is 12.6. The molecule has 7 nitrogen and oxygen atoms in total. The number of para-hydroxylation sites is 1. The number of carbonyl (C=O) groups excluding carboxylic acids is 3. The SMILES string of the molecule is COC(=O)c1ccccc1NC(=O)C1CCN(C(=O)C2CCOCC2)CC1. The monoisotopic (exact) mass is 374 g/mol. The Morgan fingerprint density at radius 1 is 1.04 bits per heavy atom. The molecule has 27 heavy (non-hydrogen) atoms. The molecule has 1 aromatic carbocycles. The van der Waals surface area contributed by atoms with Gasteiger partial charge in [0.25, 0.3) is 0 Å². The van der Waals surface area contributed by atoms with E-state index in [4.69, 9.17) is 9.47 Å². The molecule has 2 aliphatic heterocycles. The number of benzene rings is 1. The summed E-state index contributed by atoms with van der Waals surface area (Å²) in [6.07, 6.45) is 2.81. The number of piperidine rings is 1. The number of amides is 2. The number of esters is 1. The number of rotatable bonds is 4. The van der Waals surface area contributed by atoms with Crippen molar-refractivity contribution in [3.63, 3.8) is 0 Å². The minimum atomic E-state index is -0.484. The molecular formula is C20H26N2O5. The molecule has 2 aliphatic rings. The van der Waals surface area contributed by atoms with E-state index < -0.39 is 5.97 Å². The lowest BCUT2D eigenvalue weighted by Crippen LogP contribution is -2.45. The summed E-state index contributed by atoms with van der Waals surface area (Å²) in [6, 6.07) is 6.80. The van der Waals surface area contributed by atoms with Gasteiger partial charge in [-0.2, -0.15) is 0 Å². The van der Waals surface area contributed by atoms with Gasteiger partial charge in [-0.15, -0.1) is 0 Å². The Kier molecular flexibility index (Phi) is 6.45. The molecule has 0 aromatic heterocycles. The van der Waals surface area contributed by atoms with Crippen LogP contribution in [0.15, 0.2) is 24.3 Å². The van der Waals surface area contributed by atoms with E-state index in [-0.39, 0.29) is 23.7 Å². The molecule has 0 atom stereocenters. The summed E-state index contributed by atoms with van der Waals surface area (Å²) >= 11 is 0. The predicted octanol–water partition coefficient (Wildman–Crippen LogP) is 2.08. The number of ether oxygens (including phenoxy) is 2. The van der Waals surface area contributed by atoms with Crippen molar-refractivity contribution < 1.29 is 23.9 Å². The Morgan fingerprint density at radius 2 is 1.70 bits per heavy atom. The number of nitrogens with zero attached hydrogens (tertiary/aromatic N) is 1. The van der Waals surface area contributed by atoms with Gasteiger partial charge in [0.05, 0.1) is 18.4 Å². The third-order valence-corrected chi connectivity index (χ3v) is 5.34. The molecule has 3 rings (SSSR count). The smallest absolute Gasteiger partial charge is 0.339 e. The lowest BCUT2D eigenvalue weighted by atomic mass is 9.93. The second-order valence-electron chi connectivity index (χ2n) is 7.01. The average Bonchev–Trinajstić information content (AvgIpc) is 2.73. The number of anilines is 1. The highest BCUT2D eigenvalue weighted by Gasteiger charge is 2.31. The van der Waals surface area contributed by atoms with Crippen LogP contribution in [0.1, 0.15) is 36.0 Å². The normalized spacial score (nSPS) is 18.8. The largest absolute Gasteiger partial charge is 0.465 e. The first-order chi connectivity index (χ1) is 13.1. The third-order valence-electron chi connectivity index (χ3n) is 5.34. The maximum atomic E-state index is 12.6. The van der Waals surface area contributed by atoms with Gasteiger partial charge in [-0.1, -0.05) is 12.1 Å². The zero-order valence-corrected chi connectivity index (χ0v) is 15.6. The minimum Gasteiger partial charge on any atom is -0.465 e. The Labute approximate surface area is 159 Å². The predicted molar refractivity (Wildman–Crippen MR) is 99.3 cm³/mol. The fraction of sp³-hybridized carbons (Fsp3) is 0.550.